The Kier molecular flexibility index (Phi) is 7.48. The van der Waals surface area contributed by atoms with Gasteiger partial charge >= 0.3 is 0 Å². The van der Waals surface area contributed by atoms with Crippen LogP contribution in [0.2, 0.25) is 0 Å². The largest absolute Gasteiger partial charge is 0.493 e. The van der Waals surface area contributed by atoms with Crippen molar-refractivity contribution >= 4 is 11.6 Å². The van der Waals surface area contributed by atoms with E-state index in [0.29, 0.717) is 12.6 Å². The third-order valence-electron chi connectivity index (χ3n) is 3.75. The molecule has 0 radical (unpaired) electrons. The number of rotatable bonds is 9. The van der Waals surface area contributed by atoms with E-state index in [1.165, 1.54) is 12.5 Å². The molecule has 0 spiro atoms. The Bertz CT molecular complexity index is 669. The Morgan fingerprint density at radius 3 is 2.56 bits per heavy atom. The lowest BCUT2D eigenvalue weighted by molar-refractivity contribution is -0.114. The van der Waals surface area contributed by atoms with Crippen LogP contribution < -0.4 is 15.4 Å². The van der Waals surface area contributed by atoms with Gasteiger partial charge in [0, 0.05) is 30.6 Å². The number of amides is 1. The molecule has 0 fully saturated rings. The van der Waals surface area contributed by atoms with Crippen LogP contribution in [0, 0.1) is 0 Å². The highest BCUT2D eigenvalue weighted by Gasteiger charge is 2.08. The average Bonchev–Trinajstić information content (AvgIpc) is 2.56. The molecule has 0 aliphatic rings. The van der Waals surface area contributed by atoms with Gasteiger partial charge in [-0.25, -0.2) is 0 Å². The maximum absolute atomic E-state index is 11.3. The van der Waals surface area contributed by atoms with Crippen molar-refractivity contribution in [2.75, 3.05) is 18.5 Å². The van der Waals surface area contributed by atoms with E-state index in [-0.39, 0.29) is 5.91 Å². The maximum Gasteiger partial charge on any atom is 0.221 e. The minimum Gasteiger partial charge on any atom is -0.493 e. The first-order valence-electron chi connectivity index (χ1n) is 8.85. The minimum atomic E-state index is -0.0703. The standard InChI is InChI=1S/C21H28N2O2/c1-16(2)22-12-7-13-25-21-11-10-20(23-17(3)24)15-19(21)14-18-8-5-4-6-9-18/h4-6,8-11,15-16,22H,7,12-14H2,1-3H3,(H,23,24). The zero-order valence-electron chi connectivity index (χ0n) is 15.3. The van der Waals surface area contributed by atoms with E-state index in [1.54, 1.807) is 0 Å². The highest BCUT2D eigenvalue weighted by molar-refractivity contribution is 5.88. The van der Waals surface area contributed by atoms with Crippen molar-refractivity contribution in [3.8, 4) is 5.75 Å². The van der Waals surface area contributed by atoms with Crippen LogP contribution in [0.4, 0.5) is 5.69 Å². The molecule has 0 heterocycles. The fraction of sp³-hybridized carbons (Fsp3) is 0.381. The highest BCUT2D eigenvalue weighted by Crippen LogP contribution is 2.26. The molecular formula is C21H28N2O2. The Morgan fingerprint density at radius 1 is 1.12 bits per heavy atom. The summed E-state index contributed by atoms with van der Waals surface area (Å²) in [6.45, 7) is 7.40. The number of ether oxygens (including phenoxy) is 1. The summed E-state index contributed by atoms with van der Waals surface area (Å²) in [5.74, 6) is 0.807. The summed E-state index contributed by atoms with van der Waals surface area (Å²) in [5, 5.41) is 6.23. The zero-order chi connectivity index (χ0) is 18.1. The van der Waals surface area contributed by atoms with Gasteiger partial charge in [-0.05, 0) is 36.7 Å². The van der Waals surface area contributed by atoms with Crippen molar-refractivity contribution in [1.29, 1.82) is 0 Å². The van der Waals surface area contributed by atoms with Gasteiger partial charge < -0.3 is 15.4 Å². The second kappa shape index (κ2) is 9.84. The first kappa shape index (κ1) is 19.0. The minimum absolute atomic E-state index is 0.0703. The van der Waals surface area contributed by atoms with Crippen molar-refractivity contribution < 1.29 is 9.53 Å². The summed E-state index contributed by atoms with van der Waals surface area (Å²) in [5.41, 5.74) is 3.09. The van der Waals surface area contributed by atoms with Crippen LogP contribution in [0.1, 0.15) is 38.3 Å². The van der Waals surface area contributed by atoms with Crippen molar-refractivity contribution in [2.24, 2.45) is 0 Å². The summed E-state index contributed by atoms with van der Waals surface area (Å²) in [4.78, 5) is 11.3. The van der Waals surface area contributed by atoms with Crippen LogP contribution in [-0.4, -0.2) is 25.1 Å². The van der Waals surface area contributed by atoms with E-state index in [2.05, 4.69) is 36.6 Å². The second-order valence-corrected chi connectivity index (χ2v) is 6.48. The van der Waals surface area contributed by atoms with Crippen LogP contribution >= 0.6 is 0 Å². The Labute approximate surface area is 150 Å². The fourth-order valence-corrected chi connectivity index (χ4v) is 2.60. The maximum atomic E-state index is 11.3. The molecule has 1 amide bonds. The van der Waals surface area contributed by atoms with E-state index in [4.69, 9.17) is 4.74 Å². The van der Waals surface area contributed by atoms with Gasteiger partial charge in [0.1, 0.15) is 5.75 Å². The molecule has 2 rings (SSSR count). The predicted molar refractivity (Wildman–Crippen MR) is 103 cm³/mol. The van der Waals surface area contributed by atoms with Crippen LogP contribution in [-0.2, 0) is 11.2 Å². The average molecular weight is 340 g/mol. The Morgan fingerprint density at radius 2 is 1.88 bits per heavy atom. The van der Waals surface area contributed by atoms with Crippen LogP contribution in [0.15, 0.2) is 48.5 Å². The number of benzene rings is 2. The number of anilines is 1. The van der Waals surface area contributed by atoms with Gasteiger partial charge in [-0.15, -0.1) is 0 Å². The molecule has 0 saturated carbocycles. The number of hydrogen-bond acceptors (Lipinski definition) is 3. The van der Waals surface area contributed by atoms with E-state index in [0.717, 1.165) is 36.4 Å². The van der Waals surface area contributed by atoms with Crippen molar-refractivity contribution in [2.45, 2.75) is 39.7 Å². The van der Waals surface area contributed by atoms with Crippen molar-refractivity contribution in [3.05, 3.63) is 59.7 Å². The monoisotopic (exact) mass is 340 g/mol. The molecule has 0 atom stereocenters. The van der Waals surface area contributed by atoms with Crippen LogP contribution in [0.5, 0.6) is 5.75 Å². The molecule has 0 bridgehead atoms. The lowest BCUT2D eigenvalue weighted by Crippen LogP contribution is -2.24. The normalized spacial score (nSPS) is 10.7. The quantitative estimate of drug-likeness (QED) is 0.678. The molecule has 134 valence electrons. The zero-order valence-corrected chi connectivity index (χ0v) is 15.3. The highest BCUT2D eigenvalue weighted by atomic mass is 16.5. The van der Waals surface area contributed by atoms with E-state index in [1.807, 2.05) is 36.4 Å². The molecule has 0 aliphatic heterocycles. The molecular weight excluding hydrogens is 312 g/mol. The summed E-state index contributed by atoms with van der Waals surface area (Å²) < 4.78 is 6.00. The molecule has 2 N–H and O–H groups in total. The predicted octanol–water partition coefficient (Wildman–Crippen LogP) is 4.00. The summed E-state index contributed by atoms with van der Waals surface area (Å²) in [7, 11) is 0. The lowest BCUT2D eigenvalue weighted by atomic mass is 10.0. The molecule has 4 heteroatoms. The third kappa shape index (κ3) is 6.98. The summed E-state index contributed by atoms with van der Waals surface area (Å²) in [6.07, 6.45) is 1.73. The SMILES string of the molecule is CC(=O)Nc1ccc(OCCCNC(C)C)c(Cc2ccccc2)c1. The molecule has 0 unspecified atom stereocenters. The van der Waals surface area contributed by atoms with E-state index < -0.39 is 0 Å². The third-order valence-corrected chi connectivity index (χ3v) is 3.75. The fourth-order valence-electron chi connectivity index (χ4n) is 2.60. The van der Waals surface area contributed by atoms with Gasteiger partial charge in [-0.1, -0.05) is 44.2 Å². The van der Waals surface area contributed by atoms with Crippen molar-refractivity contribution in [1.82, 2.24) is 5.32 Å². The van der Waals surface area contributed by atoms with Gasteiger partial charge in [0.2, 0.25) is 5.91 Å². The smallest absolute Gasteiger partial charge is 0.221 e. The number of carbonyl (C=O) groups is 1. The van der Waals surface area contributed by atoms with Gasteiger partial charge in [-0.2, -0.15) is 0 Å². The topological polar surface area (TPSA) is 50.4 Å². The molecule has 0 aliphatic carbocycles. The van der Waals surface area contributed by atoms with Crippen molar-refractivity contribution in [3.63, 3.8) is 0 Å². The molecule has 0 saturated heterocycles. The molecule has 25 heavy (non-hydrogen) atoms. The lowest BCUT2D eigenvalue weighted by Gasteiger charge is -2.14. The van der Waals surface area contributed by atoms with E-state index in [9.17, 15) is 4.79 Å². The Balaban J connectivity index is 2.06. The summed E-state index contributed by atoms with van der Waals surface area (Å²) >= 11 is 0. The Hall–Kier alpha value is -2.33. The number of carbonyl (C=O) groups excluding carboxylic acids is 1. The molecule has 4 nitrogen and oxygen atoms in total. The molecule has 0 aromatic heterocycles. The molecule has 2 aromatic carbocycles. The van der Waals surface area contributed by atoms with Crippen LogP contribution in [0.25, 0.3) is 0 Å². The number of nitrogens with one attached hydrogen (secondary N) is 2. The van der Waals surface area contributed by atoms with E-state index >= 15 is 0 Å². The summed E-state index contributed by atoms with van der Waals surface area (Å²) in [6, 6.07) is 16.6. The second-order valence-electron chi connectivity index (χ2n) is 6.48. The van der Waals surface area contributed by atoms with Gasteiger partial charge in [0.25, 0.3) is 0 Å². The van der Waals surface area contributed by atoms with Crippen LogP contribution in [0.3, 0.4) is 0 Å². The van der Waals surface area contributed by atoms with Gasteiger partial charge in [0.15, 0.2) is 0 Å². The van der Waals surface area contributed by atoms with Gasteiger partial charge in [-0.3, -0.25) is 4.79 Å². The number of hydrogen-bond donors (Lipinski definition) is 2. The van der Waals surface area contributed by atoms with Gasteiger partial charge in [0.05, 0.1) is 6.61 Å². The first-order valence-corrected chi connectivity index (χ1v) is 8.85. The first-order chi connectivity index (χ1) is 12.0. The molecule has 2 aromatic rings.